The molecule has 0 saturated heterocycles. The third-order valence-corrected chi connectivity index (χ3v) is 4.13. The van der Waals surface area contributed by atoms with Crippen molar-refractivity contribution >= 4 is 29.6 Å². The van der Waals surface area contributed by atoms with E-state index in [2.05, 4.69) is 0 Å². The van der Waals surface area contributed by atoms with Crippen LogP contribution < -0.4 is 9.47 Å². The number of carbonyl (C=O) groups excluding carboxylic acids is 2. The van der Waals surface area contributed by atoms with Crippen molar-refractivity contribution in [2.45, 2.75) is 6.54 Å². The Bertz CT molecular complexity index is 826. The first-order valence-electron chi connectivity index (χ1n) is 8.47. The van der Waals surface area contributed by atoms with Gasteiger partial charge in [-0.3, -0.25) is 4.79 Å². The fraction of sp³-hybridized carbons (Fsp3) is 0.238. The molecule has 0 atom stereocenters. The van der Waals surface area contributed by atoms with E-state index in [9.17, 15) is 9.59 Å². The number of carbonyl (C=O) groups is 2. The van der Waals surface area contributed by atoms with E-state index in [0.29, 0.717) is 28.6 Å². The van der Waals surface area contributed by atoms with Gasteiger partial charge in [-0.05, 0) is 41.5 Å². The molecule has 0 spiro atoms. The molecule has 0 bridgehead atoms. The molecule has 148 valence electrons. The Morgan fingerprint density at radius 3 is 2.21 bits per heavy atom. The van der Waals surface area contributed by atoms with Gasteiger partial charge in [0.25, 0.3) is 5.91 Å². The van der Waals surface area contributed by atoms with Crippen LogP contribution in [-0.2, 0) is 20.9 Å². The number of ether oxygens (including phenoxy) is 3. The summed E-state index contributed by atoms with van der Waals surface area (Å²) in [6, 6.07) is 12.4. The standard InChI is InChI=1S/C21H22ClNO5/c1-23(13-15-4-7-17(22)8-5-15)20(24)14-28-21(25)9-6-16-10-18(26-2)12-19(11-16)27-3/h4-12H,13-14H2,1-3H3/b9-6+. The number of amides is 1. The van der Waals surface area contributed by atoms with Crippen LogP contribution in [0.2, 0.25) is 5.02 Å². The van der Waals surface area contributed by atoms with Crippen LogP contribution in [0.1, 0.15) is 11.1 Å². The van der Waals surface area contributed by atoms with E-state index in [1.54, 1.807) is 57.7 Å². The summed E-state index contributed by atoms with van der Waals surface area (Å²) in [5.74, 6) is 0.285. The number of hydrogen-bond acceptors (Lipinski definition) is 5. The summed E-state index contributed by atoms with van der Waals surface area (Å²) in [7, 11) is 4.73. The molecule has 1 amide bonds. The van der Waals surface area contributed by atoms with Gasteiger partial charge in [0.2, 0.25) is 0 Å². The zero-order chi connectivity index (χ0) is 20.5. The smallest absolute Gasteiger partial charge is 0.331 e. The quantitative estimate of drug-likeness (QED) is 0.498. The highest BCUT2D eigenvalue weighted by Crippen LogP contribution is 2.23. The minimum atomic E-state index is -0.616. The molecule has 0 unspecified atom stereocenters. The number of hydrogen-bond donors (Lipinski definition) is 0. The molecule has 0 saturated carbocycles. The lowest BCUT2D eigenvalue weighted by Crippen LogP contribution is -2.30. The molecule has 0 aromatic heterocycles. The Labute approximate surface area is 169 Å². The number of esters is 1. The molecule has 0 aliphatic heterocycles. The molecule has 2 aromatic rings. The van der Waals surface area contributed by atoms with E-state index in [1.165, 1.54) is 11.0 Å². The van der Waals surface area contributed by atoms with Crippen LogP contribution in [0, 0.1) is 0 Å². The first-order valence-corrected chi connectivity index (χ1v) is 8.85. The van der Waals surface area contributed by atoms with Gasteiger partial charge in [-0.2, -0.15) is 0 Å². The Morgan fingerprint density at radius 2 is 1.64 bits per heavy atom. The number of nitrogens with zero attached hydrogens (tertiary/aromatic N) is 1. The predicted molar refractivity (Wildman–Crippen MR) is 107 cm³/mol. The van der Waals surface area contributed by atoms with E-state index in [4.69, 9.17) is 25.8 Å². The minimum Gasteiger partial charge on any atom is -0.497 e. The molecule has 0 radical (unpaired) electrons. The second kappa shape index (κ2) is 10.4. The summed E-state index contributed by atoms with van der Waals surface area (Å²) >= 11 is 5.84. The van der Waals surface area contributed by atoms with Gasteiger partial charge in [0, 0.05) is 30.8 Å². The van der Waals surface area contributed by atoms with Gasteiger partial charge in [-0.1, -0.05) is 23.7 Å². The Kier molecular flexibility index (Phi) is 7.89. The highest BCUT2D eigenvalue weighted by molar-refractivity contribution is 6.30. The van der Waals surface area contributed by atoms with Gasteiger partial charge in [0.05, 0.1) is 14.2 Å². The average molecular weight is 404 g/mol. The number of methoxy groups -OCH3 is 2. The zero-order valence-electron chi connectivity index (χ0n) is 16.0. The van der Waals surface area contributed by atoms with Crippen LogP contribution in [0.15, 0.2) is 48.5 Å². The third-order valence-electron chi connectivity index (χ3n) is 3.88. The van der Waals surface area contributed by atoms with Gasteiger partial charge >= 0.3 is 5.97 Å². The molecule has 0 N–H and O–H groups in total. The SMILES string of the molecule is COc1cc(/C=C/C(=O)OCC(=O)N(C)Cc2ccc(Cl)cc2)cc(OC)c1. The number of halogens is 1. The Balaban J connectivity index is 1.86. The summed E-state index contributed by atoms with van der Waals surface area (Å²) in [5, 5.41) is 0.632. The predicted octanol–water partition coefficient (Wildman–Crippen LogP) is 3.57. The highest BCUT2D eigenvalue weighted by Gasteiger charge is 2.11. The first-order chi connectivity index (χ1) is 13.4. The van der Waals surface area contributed by atoms with Crippen LogP contribution >= 0.6 is 11.6 Å². The molecule has 0 heterocycles. The van der Waals surface area contributed by atoms with E-state index < -0.39 is 5.97 Å². The van der Waals surface area contributed by atoms with Gasteiger partial charge < -0.3 is 19.1 Å². The van der Waals surface area contributed by atoms with Gasteiger partial charge in [-0.25, -0.2) is 4.79 Å². The van der Waals surface area contributed by atoms with Gasteiger partial charge in [-0.15, -0.1) is 0 Å². The van der Waals surface area contributed by atoms with Gasteiger partial charge in [0.1, 0.15) is 11.5 Å². The van der Waals surface area contributed by atoms with Crippen molar-refractivity contribution in [2.24, 2.45) is 0 Å². The van der Waals surface area contributed by atoms with Crippen molar-refractivity contribution in [3.8, 4) is 11.5 Å². The van der Waals surface area contributed by atoms with E-state index in [-0.39, 0.29) is 12.5 Å². The summed E-state index contributed by atoms with van der Waals surface area (Å²) in [5.41, 5.74) is 1.64. The second-order valence-electron chi connectivity index (χ2n) is 5.96. The van der Waals surface area contributed by atoms with E-state index in [0.717, 1.165) is 5.56 Å². The summed E-state index contributed by atoms with van der Waals surface area (Å²) in [6.07, 6.45) is 2.82. The highest BCUT2D eigenvalue weighted by atomic mass is 35.5. The van der Waals surface area contributed by atoms with Crippen LogP contribution in [-0.4, -0.2) is 44.7 Å². The van der Waals surface area contributed by atoms with Crippen molar-refractivity contribution < 1.29 is 23.8 Å². The maximum Gasteiger partial charge on any atom is 0.331 e. The molecule has 7 heteroatoms. The Hall–Kier alpha value is -2.99. The molecule has 0 aliphatic rings. The van der Waals surface area contributed by atoms with Crippen molar-refractivity contribution in [1.29, 1.82) is 0 Å². The maximum atomic E-state index is 12.1. The zero-order valence-corrected chi connectivity index (χ0v) is 16.7. The topological polar surface area (TPSA) is 65.1 Å². The maximum absolute atomic E-state index is 12.1. The molecule has 0 aliphatic carbocycles. The largest absolute Gasteiger partial charge is 0.497 e. The number of benzene rings is 2. The van der Waals surface area contributed by atoms with Crippen molar-refractivity contribution in [3.05, 3.63) is 64.7 Å². The summed E-state index contributed by atoms with van der Waals surface area (Å²) in [4.78, 5) is 25.5. The first kappa shape index (κ1) is 21.3. The van der Waals surface area contributed by atoms with E-state index in [1.807, 2.05) is 12.1 Å². The monoisotopic (exact) mass is 403 g/mol. The minimum absolute atomic E-state index is 0.306. The lowest BCUT2D eigenvalue weighted by atomic mass is 10.2. The molecule has 2 aromatic carbocycles. The molecule has 28 heavy (non-hydrogen) atoms. The molecule has 0 fully saturated rings. The van der Waals surface area contributed by atoms with Crippen LogP contribution in [0.25, 0.3) is 6.08 Å². The third kappa shape index (κ3) is 6.63. The van der Waals surface area contributed by atoms with Gasteiger partial charge in [0.15, 0.2) is 6.61 Å². The number of rotatable bonds is 8. The van der Waals surface area contributed by atoms with Crippen molar-refractivity contribution in [3.63, 3.8) is 0 Å². The lowest BCUT2D eigenvalue weighted by molar-refractivity contribution is -0.147. The molecular weight excluding hydrogens is 382 g/mol. The summed E-state index contributed by atoms with van der Waals surface area (Å²) in [6.45, 7) is 0.0572. The second-order valence-corrected chi connectivity index (χ2v) is 6.40. The fourth-order valence-electron chi connectivity index (χ4n) is 2.33. The van der Waals surface area contributed by atoms with E-state index >= 15 is 0 Å². The summed E-state index contributed by atoms with van der Waals surface area (Å²) < 4.78 is 15.4. The fourth-order valence-corrected chi connectivity index (χ4v) is 2.46. The molecular formula is C21H22ClNO5. The normalized spacial score (nSPS) is 10.6. The number of likely N-dealkylation sites (N-methyl/N-ethyl adjacent to an activating group) is 1. The van der Waals surface area contributed by atoms with Crippen molar-refractivity contribution in [1.82, 2.24) is 4.90 Å². The van der Waals surface area contributed by atoms with Crippen LogP contribution in [0.3, 0.4) is 0 Å². The lowest BCUT2D eigenvalue weighted by Gasteiger charge is -2.17. The van der Waals surface area contributed by atoms with Crippen molar-refractivity contribution in [2.75, 3.05) is 27.9 Å². The molecule has 2 rings (SSSR count). The Morgan fingerprint density at radius 1 is 1.04 bits per heavy atom. The molecule has 6 nitrogen and oxygen atoms in total. The van der Waals surface area contributed by atoms with Crippen LogP contribution in [0.4, 0.5) is 0 Å². The van der Waals surface area contributed by atoms with Crippen LogP contribution in [0.5, 0.6) is 11.5 Å². The average Bonchev–Trinajstić information content (AvgIpc) is 2.71.